The highest BCUT2D eigenvalue weighted by atomic mass is 16.2. The van der Waals surface area contributed by atoms with Gasteiger partial charge in [-0.2, -0.15) is 0 Å². The minimum atomic E-state index is -0.437. The van der Waals surface area contributed by atoms with Gasteiger partial charge < -0.3 is 10.2 Å². The van der Waals surface area contributed by atoms with Crippen molar-refractivity contribution in [1.29, 1.82) is 0 Å². The molecule has 0 radical (unpaired) electrons. The van der Waals surface area contributed by atoms with Crippen LogP contribution in [0, 0.1) is 6.92 Å². The van der Waals surface area contributed by atoms with Gasteiger partial charge >= 0.3 is 0 Å². The van der Waals surface area contributed by atoms with Crippen molar-refractivity contribution >= 4 is 17.5 Å². The Bertz CT molecular complexity index is 737. The molecular formula is C15H19N5O2. The van der Waals surface area contributed by atoms with Gasteiger partial charge in [-0.3, -0.25) is 14.0 Å². The van der Waals surface area contributed by atoms with Crippen LogP contribution in [-0.4, -0.2) is 49.9 Å². The fraction of sp³-hybridized carbons (Fsp3) is 0.467. The summed E-state index contributed by atoms with van der Waals surface area (Å²) in [5, 5.41) is 10.8. The third-order valence-electron chi connectivity index (χ3n) is 4.00. The predicted octanol–water partition coefficient (Wildman–Crippen LogP) is 0.777. The number of carbonyl (C=O) groups is 2. The van der Waals surface area contributed by atoms with E-state index in [0.29, 0.717) is 30.0 Å². The molecule has 2 aromatic rings. The topological polar surface area (TPSA) is 79.6 Å². The lowest BCUT2D eigenvalue weighted by Gasteiger charge is -2.21. The van der Waals surface area contributed by atoms with Crippen molar-refractivity contribution in [1.82, 2.24) is 24.8 Å². The Hall–Kier alpha value is -2.44. The zero-order valence-corrected chi connectivity index (χ0v) is 12.9. The van der Waals surface area contributed by atoms with E-state index in [-0.39, 0.29) is 17.9 Å². The molecule has 1 atom stereocenters. The lowest BCUT2D eigenvalue weighted by atomic mass is 10.2. The van der Waals surface area contributed by atoms with E-state index in [2.05, 4.69) is 15.5 Å². The molecule has 1 unspecified atom stereocenters. The van der Waals surface area contributed by atoms with Crippen LogP contribution < -0.4 is 5.32 Å². The predicted molar refractivity (Wildman–Crippen MR) is 80.4 cm³/mol. The Morgan fingerprint density at radius 1 is 1.36 bits per heavy atom. The molecule has 0 aliphatic carbocycles. The first-order chi connectivity index (χ1) is 10.5. The van der Waals surface area contributed by atoms with E-state index in [1.165, 1.54) is 0 Å². The van der Waals surface area contributed by atoms with Crippen LogP contribution in [0.4, 0.5) is 0 Å². The van der Waals surface area contributed by atoms with Crippen LogP contribution in [0.25, 0.3) is 5.65 Å². The first kappa shape index (κ1) is 14.5. The molecule has 2 amide bonds. The van der Waals surface area contributed by atoms with Crippen LogP contribution in [0.1, 0.15) is 36.5 Å². The van der Waals surface area contributed by atoms with Crippen LogP contribution in [0.2, 0.25) is 0 Å². The lowest BCUT2D eigenvalue weighted by molar-refractivity contribution is -0.130. The fourth-order valence-corrected chi connectivity index (χ4v) is 2.73. The first-order valence-corrected chi connectivity index (χ1v) is 7.40. The first-order valence-electron chi connectivity index (χ1n) is 7.40. The van der Waals surface area contributed by atoms with Crippen molar-refractivity contribution in [3.8, 4) is 0 Å². The minimum absolute atomic E-state index is 0.00935. The highest BCUT2D eigenvalue weighted by Crippen LogP contribution is 2.15. The molecule has 7 heteroatoms. The smallest absolute Gasteiger partial charge is 0.253 e. The Labute approximate surface area is 128 Å². The molecule has 3 rings (SSSR count). The second kappa shape index (κ2) is 5.40. The number of hydrogen-bond acceptors (Lipinski definition) is 4. The van der Waals surface area contributed by atoms with Crippen molar-refractivity contribution in [3.63, 3.8) is 0 Å². The average Bonchev–Trinajstić information content (AvgIpc) is 3.03. The zero-order chi connectivity index (χ0) is 15.9. The maximum Gasteiger partial charge on any atom is 0.253 e. The van der Waals surface area contributed by atoms with Crippen LogP contribution in [0.15, 0.2) is 18.3 Å². The SMILES string of the molecule is Cc1nnc2ccc(C(=O)NC3CCN(C(C)C)C3=O)cn12. The third kappa shape index (κ3) is 2.43. The highest BCUT2D eigenvalue weighted by Gasteiger charge is 2.34. The van der Waals surface area contributed by atoms with E-state index in [4.69, 9.17) is 0 Å². The van der Waals surface area contributed by atoms with E-state index in [1.54, 1.807) is 27.6 Å². The Balaban J connectivity index is 1.76. The molecule has 0 saturated carbocycles. The summed E-state index contributed by atoms with van der Waals surface area (Å²) in [4.78, 5) is 26.4. The van der Waals surface area contributed by atoms with Gasteiger partial charge in [0.05, 0.1) is 5.56 Å². The molecular weight excluding hydrogens is 282 g/mol. The van der Waals surface area contributed by atoms with E-state index < -0.39 is 6.04 Å². The number of rotatable bonds is 3. The normalized spacial score (nSPS) is 18.5. The van der Waals surface area contributed by atoms with E-state index in [9.17, 15) is 9.59 Å². The number of carbonyl (C=O) groups excluding carboxylic acids is 2. The molecule has 0 aromatic carbocycles. The number of hydrogen-bond donors (Lipinski definition) is 1. The number of aryl methyl sites for hydroxylation is 1. The van der Waals surface area contributed by atoms with E-state index in [1.807, 2.05) is 20.8 Å². The number of amides is 2. The van der Waals surface area contributed by atoms with Crippen LogP contribution in [0.5, 0.6) is 0 Å². The molecule has 0 bridgehead atoms. The highest BCUT2D eigenvalue weighted by molar-refractivity contribution is 5.98. The number of fused-ring (bicyclic) bond motifs is 1. The summed E-state index contributed by atoms with van der Waals surface area (Å²) in [6.07, 6.45) is 2.34. The molecule has 0 spiro atoms. The van der Waals surface area contributed by atoms with Crippen LogP contribution in [-0.2, 0) is 4.79 Å². The number of pyridine rings is 1. The van der Waals surface area contributed by atoms with Crippen molar-refractivity contribution in [2.24, 2.45) is 0 Å². The molecule has 1 aliphatic rings. The van der Waals surface area contributed by atoms with Gasteiger partial charge in [-0.05, 0) is 39.3 Å². The monoisotopic (exact) mass is 301 g/mol. The van der Waals surface area contributed by atoms with Gasteiger partial charge in [0, 0.05) is 18.8 Å². The van der Waals surface area contributed by atoms with Crippen LogP contribution >= 0.6 is 0 Å². The lowest BCUT2D eigenvalue weighted by Crippen LogP contribution is -2.43. The fourth-order valence-electron chi connectivity index (χ4n) is 2.73. The van der Waals surface area contributed by atoms with Crippen LogP contribution in [0.3, 0.4) is 0 Å². The van der Waals surface area contributed by atoms with Crippen molar-refractivity contribution in [3.05, 3.63) is 29.7 Å². The average molecular weight is 301 g/mol. The maximum absolute atomic E-state index is 12.4. The Morgan fingerprint density at radius 3 is 2.82 bits per heavy atom. The summed E-state index contributed by atoms with van der Waals surface area (Å²) >= 11 is 0. The molecule has 1 fully saturated rings. The molecule has 3 heterocycles. The molecule has 2 aromatic heterocycles. The van der Waals surface area contributed by atoms with Gasteiger partial charge in [-0.15, -0.1) is 10.2 Å². The van der Waals surface area contributed by atoms with Gasteiger partial charge in [-0.25, -0.2) is 0 Å². The summed E-state index contributed by atoms with van der Waals surface area (Å²) in [5.74, 6) is 0.455. The molecule has 1 saturated heterocycles. The number of likely N-dealkylation sites (tertiary alicyclic amines) is 1. The Kier molecular flexibility index (Phi) is 3.56. The molecule has 7 nitrogen and oxygen atoms in total. The minimum Gasteiger partial charge on any atom is -0.340 e. The van der Waals surface area contributed by atoms with Gasteiger partial charge in [0.15, 0.2) is 5.65 Å². The van der Waals surface area contributed by atoms with E-state index >= 15 is 0 Å². The summed E-state index contributed by atoms with van der Waals surface area (Å²) in [7, 11) is 0. The van der Waals surface area contributed by atoms with Crippen molar-refractivity contribution in [2.45, 2.75) is 39.3 Å². The summed E-state index contributed by atoms with van der Waals surface area (Å²) in [6, 6.07) is 3.16. The summed E-state index contributed by atoms with van der Waals surface area (Å²) < 4.78 is 1.76. The van der Waals surface area contributed by atoms with Gasteiger partial charge in [0.1, 0.15) is 11.9 Å². The zero-order valence-electron chi connectivity index (χ0n) is 12.9. The number of nitrogens with zero attached hydrogens (tertiary/aromatic N) is 4. The second-order valence-electron chi connectivity index (χ2n) is 5.83. The Morgan fingerprint density at radius 2 is 2.14 bits per heavy atom. The molecule has 22 heavy (non-hydrogen) atoms. The van der Waals surface area contributed by atoms with E-state index in [0.717, 1.165) is 0 Å². The van der Waals surface area contributed by atoms with Crippen molar-refractivity contribution in [2.75, 3.05) is 6.54 Å². The summed E-state index contributed by atoms with van der Waals surface area (Å²) in [6.45, 7) is 6.46. The van der Waals surface area contributed by atoms with Gasteiger partial charge in [0.2, 0.25) is 5.91 Å². The largest absolute Gasteiger partial charge is 0.340 e. The van der Waals surface area contributed by atoms with Crippen molar-refractivity contribution < 1.29 is 9.59 Å². The molecule has 1 aliphatic heterocycles. The second-order valence-corrected chi connectivity index (χ2v) is 5.83. The maximum atomic E-state index is 12.4. The summed E-state index contributed by atoms with van der Waals surface area (Å²) in [5.41, 5.74) is 1.18. The number of nitrogens with one attached hydrogen (secondary N) is 1. The molecule has 116 valence electrons. The third-order valence-corrected chi connectivity index (χ3v) is 4.00. The number of aromatic nitrogens is 3. The quantitative estimate of drug-likeness (QED) is 0.908. The molecule has 1 N–H and O–H groups in total. The van der Waals surface area contributed by atoms with Gasteiger partial charge in [-0.1, -0.05) is 0 Å². The standard InChI is InChI=1S/C15H19N5O2/c1-9(2)19-7-6-12(15(19)22)16-14(21)11-4-5-13-18-17-10(3)20(13)8-11/h4-5,8-9,12H,6-7H2,1-3H3,(H,16,21). The van der Waals surface area contributed by atoms with Gasteiger partial charge in [0.25, 0.3) is 5.91 Å².